The molecule has 0 heterocycles. The number of halogens is 1. The van der Waals surface area contributed by atoms with Crippen LogP contribution in [0, 0.1) is 23.2 Å². The molecule has 184 valence electrons. The minimum atomic E-state index is -0.463. The fourth-order valence-electron chi connectivity index (χ4n) is 5.73. The van der Waals surface area contributed by atoms with Crippen molar-refractivity contribution < 1.29 is 19.1 Å². The van der Waals surface area contributed by atoms with E-state index in [1.54, 1.807) is 0 Å². The van der Waals surface area contributed by atoms with Crippen LogP contribution in [0.3, 0.4) is 0 Å². The van der Waals surface area contributed by atoms with Crippen molar-refractivity contribution in [1.29, 1.82) is 0 Å². The maximum atomic E-state index is 13.2. The van der Waals surface area contributed by atoms with Crippen LogP contribution >= 0.6 is 15.9 Å². The van der Waals surface area contributed by atoms with Crippen molar-refractivity contribution in [2.45, 2.75) is 65.6 Å². The molecule has 5 unspecified atom stereocenters. The van der Waals surface area contributed by atoms with Gasteiger partial charge in [-0.15, -0.1) is 0 Å². The van der Waals surface area contributed by atoms with Gasteiger partial charge in [-0.2, -0.15) is 0 Å². The number of hydrogen-bond donors (Lipinski definition) is 0. The van der Waals surface area contributed by atoms with Crippen LogP contribution in [0.25, 0.3) is 21.5 Å². The van der Waals surface area contributed by atoms with Gasteiger partial charge in [-0.1, -0.05) is 43.3 Å². The second kappa shape index (κ2) is 9.24. The molecule has 3 aromatic rings. The van der Waals surface area contributed by atoms with Crippen molar-refractivity contribution in [3.8, 4) is 0 Å². The molecule has 0 amide bonds. The van der Waals surface area contributed by atoms with Gasteiger partial charge in [0.05, 0.1) is 11.3 Å². The van der Waals surface area contributed by atoms with E-state index < -0.39 is 5.41 Å². The average molecular weight is 537 g/mol. The Balaban J connectivity index is 1.26. The van der Waals surface area contributed by atoms with E-state index in [1.165, 1.54) is 10.8 Å². The van der Waals surface area contributed by atoms with Crippen LogP contribution in [0.2, 0.25) is 0 Å². The zero-order valence-corrected chi connectivity index (χ0v) is 22.4. The van der Waals surface area contributed by atoms with Gasteiger partial charge in [-0.25, -0.2) is 0 Å². The number of carbonyl (C=O) groups is 2. The first-order chi connectivity index (χ1) is 16.7. The molecule has 0 saturated heterocycles. The van der Waals surface area contributed by atoms with Crippen LogP contribution in [0.1, 0.15) is 65.0 Å². The topological polar surface area (TPSA) is 52.6 Å². The largest absolute Gasteiger partial charge is 0.462 e. The van der Waals surface area contributed by atoms with E-state index >= 15 is 0 Å². The van der Waals surface area contributed by atoms with Gasteiger partial charge in [-0.3, -0.25) is 9.59 Å². The number of benzene rings is 3. The van der Waals surface area contributed by atoms with E-state index in [0.717, 1.165) is 46.5 Å². The summed E-state index contributed by atoms with van der Waals surface area (Å²) in [5.41, 5.74) is 0.507. The lowest BCUT2D eigenvalue weighted by molar-refractivity contribution is -0.164. The Kier molecular flexibility index (Phi) is 6.41. The maximum Gasteiger partial charge on any atom is 0.311 e. The number of ether oxygens (including phenoxy) is 2. The number of rotatable bonds is 6. The zero-order valence-electron chi connectivity index (χ0n) is 20.8. The highest BCUT2D eigenvalue weighted by Crippen LogP contribution is 2.51. The second-order valence-electron chi connectivity index (χ2n) is 11.0. The van der Waals surface area contributed by atoms with E-state index in [9.17, 15) is 9.59 Å². The lowest BCUT2D eigenvalue weighted by atomic mass is 9.86. The van der Waals surface area contributed by atoms with Crippen LogP contribution in [-0.2, 0) is 19.1 Å². The van der Waals surface area contributed by atoms with Crippen LogP contribution in [0.15, 0.2) is 53.0 Å². The summed E-state index contributed by atoms with van der Waals surface area (Å²) in [6.07, 6.45) is 2.77. The second-order valence-corrected chi connectivity index (χ2v) is 11.8. The Hall–Kier alpha value is -2.40. The summed E-state index contributed by atoms with van der Waals surface area (Å²) in [4.78, 5) is 25.7. The molecule has 5 rings (SSSR count). The van der Waals surface area contributed by atoms with Gasteiger partial charge < -0.3 is 9.47 Å². The van der Waals surface area contributed by atoms with Crippen LogP contribution in [0.5, 0.6) is 0 Å². The fourth-order valence-corrected chi connectivity index (χ4v) is 6.53. The molecule has 0 aliphatic heterocycles. The zero-order chi connectivity index (χ0) is 24.9. The molecule has 2 fully saturated rings. The van der Waals surface area contributed by atoms with Crippen molar-refractivity contribution in [3.63, 3.8) is 0 Å². The molecule has 2 aliphatic carbocycles. The molecular formula is C30H33BrO4. The number of esters is 2. The third kappa shape index (κ3) is 4.48. The Morgan fingerprint density at radius 1 is 1.00 bits per heavy atom. The predicted octanol–water partition coefficient (Wildman–Crippen LogP) is 7.75. The average Bonchev–Trinajstić information content (AvgIpc) is 3.44. The van der Waals surface area contributed by atoms with Crippen molar-refractivity contribution in [3.05, 3.63) is 58.6 Å². The van der Waals surface area contributed by atoms with Gasteiger partial charge in [-0.05, 0) is 108 Å². The Labute approximate surface area is 215 Å². The monoisotopic (exact) mass is 536 g/mol. The quantitative estimate of drug-likeness (QED) is 0.238. The van der Waals surface area contributed by atoms with E-state index in [0.29, 0.717) is 0 Å². The van der Waals surface area contributed by atoms with E-state index in [1.807, 2.05) is 45.9 Å². The lowest BCUT2D eigenvalue weighted by Crippen LogP contribution is -2.35. The molecule has 0 spiro atoms. The smallest absolute Gasteiger partial charge is 0.311 e. The summed E-state index contributed by atoms with van der Waals surface area (Å²) in [5, 5.41) is 4.65. The number of fused-ring (bicyclic) bond motifs is 4. The molecule has 2 aliphatic rings. The summed E-state index contributed by atoms with van der Waals surface area (Å²) in [6.45, 7) is 7.80. The molecule has 5 heteroatoms. The number of hydrogen-bond acceptors (Lipinski definition) is 4. The summed E-state index contributed by atoms with van der Waals surface area (Å²) in [6, 6.07) is 16.8. The summed E-state index contributed by atoms with van der Waals surface area (Å²) in [5.74, 6) is 0.118. The summed E-state index contributed by atoms with van der Waals surface area (Å²) >= 11 is 3.79. The van der Waals surface area contributed by atoms with Gasteiger partial charge in [0.15, 0.2) is 0 Å². The molecule has 35 heavy (non-hydrogen) atoms. The van der Waals surface area contributed by atoms with Crippen molar-refractivity contribution in [1.82, 2.24) is 0 Å². The van der Waals surface area contributed by atoms with Gasteiger partial charge in [0.1, 0.15) is 12.2 Å². The maximum absolute atomic E-state index is 13.2. The van der Waals surface area contributed by atoms with Gasteiger partial charge in [0.2, 0.25) is 0 Å². The number of carbonyl (C=O) groups excluding carboxylic acids is 2. The molecule has 2 bridgehead atoms. The van der Waals surface area contributed by atoms with E-state index in [2.05, 4.69) is 46.3 Å². The highest BCUT2D eigenvalue weighted by molar-refractivity contribution is 9.10. The SMILES string of the molecule is CCC(C)(C)C(=O)OC1CC2CC1CC2C(=O)OC(C)c1ccc2cc3ccccc3cc2c1Br. The Morgan fingerprint density at radius 3 is 2.37 bits per heavy atom. The minimum absolute atomic E-state index is 0.0655. The molecular weight excluding hydrogens is 504 g/mol. The van der Waals surface area contributed by atoms with Gasteiger partial charge >= 0.3 is 11.9 Å². The molecule has 3 aromatic carbocycles. The van der Waals surface area contributed by atoms with E-state index in [4.69, 9.17) is 9.47 Å². The normalized spacial score (nSPS) is 24.6. The first-order valence-electron chi connectivity index (χ1n) is 12.7. The summed E-state index contributed by atoms with van der Waals surface area (Å²) < 4.78 is 12.8. The van der Waals surface area contributed by atoms with Crippen LogP contribution in [-0.4, -0.2) is 18.0 Å². The van der Waals surface area contributed by atoms with Gasteiger partial charge in [0, 0.05) is 10.0 Å². The highest BCUT2D eigenvalue weighted by atomic mass is 79.9. The molecule has 4 nitrogen and oxygen atoms in total. The summed E-state index contributed by atoms with van der Waals surface area (Å²) in [7, 11) is 0. The standard InChI is InChI=1S/C30H33BrO4/c1-5-30(3,4)29(33)35-26-16-21-13-22(26)15-25(21)28(32)34-17(2)23-11-10-20-12-18-8-6-7-9-19(18)14-24(20)27(23)31/h6-12,14,17,21-22,25-26H,5,13,15-16H2,1-4H3. The molecule has 0 radical (unpaired) electrons. The van der Waals surface area contributed by atoms with Crippen LogP contribution < -0.4 is 0 Å². The molecule has 0 aromatic heterocycles. The van der Waals surface area contributed by atoms with E-state index in [-0.39, 0.29) is 41.9 Å². The highest BCUT2D eigenvalue weighted by Gasteiger charge is 2.51. The molecule has 2 saturated carbocycles. The fraction of sp³-hybridized carbons (Fsp3) is 0.467. The Morgan fingerprint density at radius 2 is 1.71 bits per heavy atom. The third-order valence-electron chi connectivity index (χ3n) is 8.37. The van der Waals surface area contributed by atoms with Crippen molar-refractivity contribution >= 4 is 49.4 Å². The lowest BCUT2D eigenvalue weighted by Gasteiger charge is -2.30. The molecule has 5 atom stereocenters. The van der Waals surface area contributed by atoms with Crippen molar-refractivity contribution in [2.75, 3.05) is 0 Å². The Bertz CT molecular complexity index is 1300. The minimum Gasteiger partial charge on any atom is -0.462 e. The van der Waals surface area contributed by atoms with Gasteiger partial charge in [0.25, 0.3) is 0 Å². The first kappa shape index (κ1) is 24.3. The molecule has 0 N–H and O–H groups in total. The van der Waals surface area contributed by atoms with Crippen LogP contribution in [0.4, 0.5) is 0 Å². The first-order valence-corrected chi connectivity index (χ1v) is 13.5. The third-order valence-corrected chi connectivity index (χ3v) is 9.26. The predicted molar refractivity (Wildman–Crippen MR) is 142 cm³/mol. The van der Waals surface area contributed by atoms with Crippen molar-refractivity contribution in [2.24, 2.45) is 23.2 Å².